The van der Waals surface area contributed by atoms with Crippen LogP contribution >= 0.6 is 21.6 Å². The molecule has 0 spiro atoms. The monoisotopic (exact) mass is 872 g/mol. The third kappa shape index (κ3) is 16.9. The first-order valence-electron chi connectivity index (χ1n) is 20.0. The van der Waals surface area contributed by atoms with E-state index in [2.05, 4.69) is 31.6 Å². The number of aromatic nitrogens is 1. The topological polar surface area (TPSA) is 291 Å². The average molecular weight is 873 g/mol. The second-order valence-corrected chi connectivity index (χ2v) is 17.2. The fourth-order valence-corrected chi connectivity index (χ4v) is 8.21. The van der Waals surface area contributed by atoms with Gasteiger partial charge in [-0.1, -0.05) is 83.0 Å². The molecule has 1 aromatic heterocycles. The number of hydrogen-bond donors (Lipinski definition) is 11. The van der Waals surface area contributed by atoms with E-state index in [0.717, 1.165) is 34.9 Å². The number of unbranched alkanes of at least 4 members (excludes halogenated alkanes) is 2. The van der Waals surface area contributed by atoms with Crippen molar-refractivity contribution in [2.24, 2.45) is 11.5 Å². The van der Waals surface area contributed by atoms with Gasteiger partial charge in [-0.25, -0.2) is 0 Å². The Balaban J connectivity index is 1.71. The molecule has 1 heterocycles. The molecular weight excluding hydrogens is 813 g/mol. The van der Waals surface area contributed by atoms with E-state index in [1.54, 1.807) is 6.20 Å². The maximum Gasteiger partial charge on any atom is 0.243 e. The van der Waals surface area contributed by atoms with Crippen LogP contribution in [0.25, 0.3) is 10.9 Å². The Morgan fingerprint density at radius 3 is 2.08 bits per heavy atom. The number of aromatic amines is 1. The number of para-hydroxylation sites is 1. The molecule has 60 heavy (non-hydrogen) atoms. The van der Waals surface area contributed by atoms with E-state index in [-0.39, 0.29) is 30.8 Å². The Hall–Kier alpha value is -4.50. The highest BCUT2D eigenvalue weighted by Crippen LogP contribution is 2.23. The van der Waals surface area contributed by atoms with Gasteiger partial charge in [-0.2, -0.15) is 0 Å². The first kappa shape index (κ1) is 49.9. The summed E-state index contributed by atoms with van der Waals surface area (Å²) in [5.74, 6) is -2.83. The van der Waals surface area contributed by atoms with E-state index in [1.807, 2.05) is 54.6 Å². The standard InChI is InChI=1S/C41H60N8O9S2/c1-25(52)34(23-51)48-40(57)35(49-41(58)37(43)26(2)53)24-60-59-18-16-36(54)46-32(19-27-11-5-3-6-12-27)39(56)47-33(20-28-21-44-31-15-9-8-14-30(28)31)38(55)45-29(22-50)13-7-4-10-17-42/h3,5-6,8-9,11-12,14-15,21-22,25-26,29,32-35,37,44,51-53H,4,7,10,13,16-20,23-24,42-43H2,1-2H3,(H,45,55)(H,46,54)(H,47,56)(H,48,57)(H,49,58)/t25-,26-,29+,32+,33-,34-,35+,37+/m1/s1. The van der Waals surface area contributed by atoms with Crippen molar-refractivity contribution in [2.75, 3.05) is 24.7 Å². The lowest BCUT2D eigenvalue weighted by atomic mass is 10.0. The van der Waals surface area contributed by atoms with Gasteiger partial charge in [0, 0.05) is 47.9 Å². The first-order chi connectivity index (χ1) is 28.8. The van der Waals surface area contributed by atoms with Crippen molar-refractivity contribution in [3.8, 4) is 0 Å². The summed E-state index contributed by atoms with van der Waals surface area (Å²) in [6.45, 7) is 2.70. The zero-order valence-corrected chi connectivity index (χ0v) is 35.6. The number of H-pyrrole nitrogens is 1. The summed E-state index contributed by atoms with van der Waals surface area (Å²) < 4.78 is 0. The summed E-state index contributed by atoms with van der Waals surface area (Å²) in [6, 6.07) is 10.2. The number of hydrogen-bond acceptors (Lipinski definition) is 13. The van der Waals surface area contributed by atoms with E-state index >= 15 is 0 Å². The molecule has 0 aliphatic carbocycles. The molecule has 0 aliphatic heterocycles. The number of amides is 5. The van der Waals surface area contributed by atoms with Gasteiger partial charge >= 0.3 is 0 Å². The Morgan fingerprint density at radius 2 is 1.42 bits per heavy atom. The van der Waals surface area contributed by atoms with Crippen molar-refractivity contribution >= 4 is 68.3 Å². The van der Waals surface area contributed by atoms with E-state index in [0.29, 0.717) is 25.7 Å². The summed E-state index contributed by atoms with van der Waals surface area (Å²) in [6.07, 6.45) is 3.06. The molecule has 2 aromatic carbocycles. The summed E-state index contributed by atoms with van der Waals surface area (Å²) in [5, 5.41) is 43.5. The second kappa shape index (κ2) is 26.7. The van der Waals surface area contributed by atoms with Gasteiger partial charge in [-0.15, -0.1) is 0 Å². The van der Waals surface area contributed by atoms with E-state index in [1.165, 1.54) is 35.4 Å². The molecule has 3 rings (SSSR count). The minimum Gasteiger partial charge on any atom is -0.394 e. The van der Waals surface area contributed by atoms with Gasteiger partial charge in [-0.05, 0) is 50.4 Å². The molecule has 5 amide bonds. The number of aliphatic hydroxyl groups excluding tert-OH is 3. The Bertz CT molecular complexity index is 1820. The van der Waals surface area contributed by atoms with Gasteiger partial charge in [0.15, 0.2) is 0 Å². The lowest BCUT2D eigenvalue weighted by Crippen LogP contribution is -2.57. The molecule has 0 radical (unpaired) electrons. The van der Waals surface area contributed by atoms with Crippen molar-refractivity contribution in [1.29, 1.82) is 0 Å². The predicted octanol–water partition coefficient (Wildman–Crippen LogP) is -0.0522. The molecule has 330 valence electrons. The lowest BCUT2D eigenvalue weighted by molar-refractivity contribution is -0.132. The van der Waals surface area contributed by atoms with Crippen LogP contribution in [0.4, 0.5) is 0 Å². The Morgan fingerprint density at radius 1 is 0.767 bits per heavy atom. The zero-order valence-electron chi connectivity index (χ0n) is 34.0. The molecule has 0 saturated heterocycles. The largest absolute Gasteiger partial charge is 0.394 e. The Kier molecular flexibility index (Phi) is 22.2. The predicted molar refractivity (Wildman–Crippen MR) is 233 cm³/mol. The van der Waals surface area contributed by atoms with Crippen LogP contribution in [-0.2, 0) is 41.6 Å². The molecule has 3 aromatic rings. The normalized spacial score (nSPS) is 15.3. The maximum absolute atomic E-state index is 14.1. The first-order valence-corrected chi connectivity index (χ1v) is 22.5. The average Bonchev–Trinajstić information content (AvgIpc) is 3.64. The van der Waals surface area contributed by atoms with E-state index < -0.39 is 84.6 Å². The Labute approximate surface area is 358 Å². The molecule has 0 unspecified atom stereocenters. The summed E-state index contributed by atoms with van der Waals surface area (Å²) >= 11 is 0. The molecule has 0 saturated carbocycles. The van der Waals surface area contributed by atoms with Crippen LogP contribution in [0.1, 0.15) is 57.1 Å². The number of aliphatic hydroxyl groups is 3. The molecule has 8 atom stereocenters. The molecule has 13 N–H and O–H groups in total. The van der Waals surface area contributed by atoms with Crippen molar-refractivity contribution < 1.29 is 44.1 Å². The SMILES string of the molecule is C[C@@H](O)[C@H](N)C(=O)N[C@@H](CSSCCC(=O)N[C@@H](Cc1ccccc1)C(=O)N[C@H](Cc1c[nH]c2ccccc12)C(=O)N[C@H](C=O)CCCCCN)C(=O)N[C@H](CO)[C@@H](C)O. The van der Waals surface area contributed by atoms with Crippen LogP contribution < -0.4 is 38.1 Å². The maximum atomic E-state index is 14.1. The van der Waals surface area contributed by atoms with Gasteiger partial charge in [0.25, 0.3) is 0 Å². The van der Waals surface area contributed by atoms with Gasteiger partial charge in [-0.3, -0.25) is 24.0 Å². The number of rotatable bonds is 28. The molecule has 19 heteroatoms. The van der Waals surface area contributed by atoms with Crippen molar-refractivity contribution in [2.45, 2.75) is 107 Å². The van der Waals surface area contributed by atoms with Crippen LogP contribution in [0.5, 0.6) is 0 Å². The van der Waals surface area contributed by atoms with Crippen LogP contribution in [0, 0.1) is 0 Å². The quantitative estimate of drug-likeness (QED) is 0.0260. The lowest BCUT2D eigenvalue weighted by Gasteiger charge is -2.25. The summed E-state index contributed by atoms with van der Waals surface area (Å²) in [7, 11) is 2.40. The summed E-state index contributed by atoms with van der Waals surface area (Å²) in [5.41, 5.74) is 13.7. The third-order valence-corrected chi connectivity index (χ3v) is 12.1. The minimum atomic E-state index is -1.31. The number of carbonyl (C=O) groups is 6. The summed E-state index contributed by atoms with van der Waals surface area (Å²) in [4.78, 5) is 82.1. The zero-order chi connectivity index (χ0) is 44.0. The number of nitrogens with two attached hydrogens (primary N) is 2. The second-order valence-electron chi connectivity index (χ2n) is 14.5. The van der Waals surface area contributed by atoms with Crippen LogP contribution in [0.15, 0.2) is 60.8 Å². The third-order valence-electron chi connectivity index (χ3n) is 9.67. The fourth-order valence-electron chi connectivity index (χ4n) is 6.05. The van der Waals surface area contributed by atoms with Crippen LogP contribution in [0.2, 0.25) is 0 Å². The van der Waals surface area contributed by atoms with Crippen molar-refractivity contribution in [3.05, 3.63) is 71.9 Å². The molecule has 0 aliphatic rings. The minimum absolute atomic E-state index is 0.00588. The van der Waals surface area contributed by atoms with Crippen LogP contribution in [0.3, 0.4) is 0 Å². The highest BCUT2D eigenvalue weighted by atomic mass is 33.1. The fraction of sp³-hybridized carbons (Fsp3) is 0.512. The number of aldehydes is 1. The number of fused-ring (bicyclic) bond motifs is 1. The van der Waals surface area contributed by atoms with Crippen molar-refractivity contribution in [1.82, 2.24) is 31.6 Å². The molecule has 0 bridgehead atoms. The van der Waals surface area contributed by atoms with Gasteiger partial charge in [0.2, 0.25) is 29.5 Å². The van der Waals surface area contributed by atoms with Crippen LogP contribution in [-0.4, -0.2) is 129 Å². The smallest absolute Gasteiger partial charge is 0.243 e. The van der Waals surface area contributed by atoms with Gasteiger partial charge in [0.1, 0.15) is 30.5 Å². The number of benzene rings is 2. The molecule has 17 nitrogen and oxygen atoms in total. The highest BCUT2D eigenvalue weighted by molar-refractivity contribution is 8.76. The highest BCUT2D eigenvalue weighted by Gasteiger charge is 2.31. The van der Waals surface area contributed by atoms with Gasteiger partial charge in [0.05, 0.1) is 30.9 Å². The van der Waals surface area contributed by atoms with Crippen molar-refractivity contribution in [3.63, 3.8) is 0 Å². The number of nitrogens with one attached hydrogen (secondary N) is 6. The number of carbonyl (C=O) groups excluding carboxylic acids is 6. The molecule has 0 fully saturated rings. The van der Waals surface area contributed by atoms with Gasteiger partial charge < -0.3 is 63.1 Å². The van der Waals surface area contributed by atoms with E-state index in [4.69, 9.17) is 11.5 Å². The van der Waals surface area contributed by atoms with E-state index in [9.17, 15) is 44.1 Å². The molecular formula is C41H60N8O9S2.